The van der Waals surface area contributed by atoms with Crippen LogP contribution >= 0.6 is 23.2 Å². The summed E-state index contributed by atoms with van der Waals surface area (Å²) in [5, 5.41) is 14.4. The molecule has 2 rings (SSSR count). The minimum Gasteiger partial charge on any atom is -0.550 e. The fourth-order valence-electron chi connectivity index (χ4n) is 2.47. The highest BCUT2D eigenvalue weighted by Crippen LogP contribution is 2.29. The van der Waals surface area contributed by atoms with Crippen LogP contribution in [0.2, 0.25) is 10.0 Å². The first-order valence-electron chi connectivity index (χ1n) is 7.39. The Bertz CT molecular complexity index is 734. The van der Waals surface area contributed by atoms with Crippen LogP contribution in [0.1, 0.15) is 24.8 Å². The standard InChI is InChI=1S/C18H17Cl2NO3/c1-11(12-5-3-2-4-6-12)14(10-17(22)23)18(24)21-13-7-8-15(19)16(20)9-13/h2-9,11,14H,10H2,1H3,(H,21,24)(H,22,23)/p-1/t11-,14+/m1/s1. The van der Waals surface area contributed by atoms with Gasteiger partial charge in [0.15, 0.2) is 0 Å². The van der Waals surface area contributed by atoms with Gasteiger partial charge in [0.25, 0.3) is 0 Å². The van der Waals surface area contributed by atoms with Gasteiger partial charge in [-0.2, -0.15) is 0 Å². The third-order valence-corrected chi connectivity index (χ3v) is 4.58. The van der Waals surface area contributed by atoms with Gasteiger partial charge in [0, 0.05) is 11.7 Å². The van der Waals surface area contributed by atoms with Gasteiger partial charge in [-0.25, -0.2) is 0 Å². The first-order valence-corrected chi connectivity index (χ1v) is 8.14. The summed E-state index contributed by atoms with van der Waals surface area (Å²) < 4.78 is 0. The van der Waals surface area contributed by atoms with Gasteiger partial charge in [0.1, 0.15) is 0 Å². The maximum absolute atomic E-state index is 12.6. The summed E-state index contributed by atoms with van der Waals surface area (Å²) in [7, 11) is 0. The zero-order chi connectivity index (χ0) is 17.7. The minimum absolute atomic E-state index is 0.285. The maximum atomic E-state index is 12.6. The van der Waals surface area contributed by atoms with Gasteiger partial charge in [0.05, 0.1) is 16.0 Å². The summed E-state index contributed by atoms with van der Waals surface area (Å²) >= 11 is 11.8. The van der Waals surface area contributed by atoms with Gasteiger partial charge >= 0.3 is 0 Å². The summed E-state index contributed by atoms with van der Waals surface area (Å²) in [5.41, 5.74) is 1.34. The molecule has 0 fully saturated rings. The molecule has 0 aliphatic rings. The Labute approximate surface area is 150 Å². The molecule has 0 unspecified atom stereocenters. The molecule has 1 amide bonds. The van der Waals surface area contributed by atoms with Crippen molar-refractivity contribution in [3.8, 4) is 0 Å². The lowest BCUT2D eigenvalue weighted by atomic mass is 9.84. The van der Waals surface area contributed by atoms with Crippen LogP contribution in [0.15, 0.2) is 48.5 Å². The third-order valence-electron chi connectivity index (χ3n) is 3.84. The number of nitrogens with one attached hydrogen (secondary N) is 1. The zero-order valence-corrected chi connectivity index (χ0v) is 14.5. The van der Waals surface area contributed by atoms with Gasteiger partial charge < -0.3 is 15.2 Å². The van der Waals surface area contributed by atoms with E-state index in [0.717, 1.165) is 5.56 Å². The summed E-state index contributed by atoms with van der Waals surface area (Å²) in [6, 6.07) is 14.0. The highest BCUT2D eigenvalue weighted by molar-refractivity contribution is 6.42. The number of aliphatic carboxylic acids is 1. The zero-order valence-electron chi connectivity index (χ0n) is 13.0. The Morgan fingerprint density at radius 2 is 1.75 bits per heavy atom. The second-order valence-corrected chi connectivity index (χ2v) is 6.31. The topological polar surface area (TPSA) is 69.2 Å². The van der Waals surface area contributed by atoms with Gasteiger partial charge in [-0.15, -0.1) is 0 Å². The van der Waals surface area contributed by atoms with Crippen molar-refractivity contribution in [3.05, 3.63) is 64.1 Å². The molecule has 0 saturated heterocycles. The molecule has 0 aliphatic carbocycles. The SMILES string of the molecule is C[C@H](c1ccccc1)[C@H](CC(=O)[O-])C(=O)Nc1ccc(Cl)c(Cl)c1. The van der Waals surface area contributed by atoms with E-state index in [1.54, 1.807) is 12.1 Å². The van der Waals surface area contributed by atoms with E-state index in [2.05, 4.69) is 5.32 Å². The number of anilines is 1. The number of amides is 1. The fourth-order valence-corrected chi connectivity index (χ4v) is 2.77. The molecule has 0 aromatic heterocycles. The van der Waals surface area contributed by atoms with E-state index in [1.807, 2.05) is 37.3 Å². The van der Waals surface area contributed by atoms with Gasteiger partial charge in [0.2, 0.25) is 5.91 Å². The van der Waals surface area contributed by atoms with Crippen molar-refractivity contribution in [2.75, 3.05) is 5.32 Å². The second-order valence-electron chi connectivity index (χ2n) is 5.50. The Kier molecular flexibility index (Phi) is 6.23. The van der Waals surface area contributed by atoms with Crippen LogP contribution in [0.25, 0.3) is 0 Å². The Morgan fingerprint density at radius 1 is 1.08 bits per heavy atom. The van der Waals surface area contributed by atoms with E-state index in [0.29, 0.717) is 15.7 Å². The smallest absolute Gasteiger partial charge is 0.228 e. The minimum atomic E-state index is -1.27. The number of carbonyl (C=O) groups excluding carboxylic acids is 2. The lowest BCUT2D eigenvalue weighted by Gasteiger charge is -2.24. The van der Waals surface area contributed by atoms with E-state index in [1.165, 1.54) is 6.07 Å². The van der Waals surface area contributed by atoms with Crippen LogP contribution in [0.3, 0.4) is 0 Å². The molecule has 126 valence electrons. The average molecular weight is 365 g/mol. The summed E-state index contributed by atoms with van der Waals surface area (Å²) in [6.45, 7) is 1.82. The molecule has 6 heteroatoms. The van der Waals surface area contributed by atoms with Crippen LogP contribution in [0.4, 0.5) is 5.69 Å². The van der Waals surface area contributed by atoms with E-state index in [4.69, 9.17) is 23.2 Å². The van der Waals surface area contributed by atoms with Crippen LogP contribution in [0.5, 0.6) is 0 Å². The number of benzene rings is 2. The van der Waals surface area contributed by atoms with Crippen LogP contribution in [-0.4, -0.2) is 11.9 Å². The normalized spacial score (nSPS) is 13.1. The summed E-state index contributed by atoms with van der Waals surface area (Å²) in [6.07, 6.45) is -0.372. The largest absolute Gasteiger partial charge is 0.550 e. The van der Waals surface area contributed by atoms with Crippen molar-refractivity contribution >= 4 is 40.8 Å². The fraction of sp³-hybridized carbons (Fsp3) is 0.222. The van der Waals surface area contributed by atoms with E-state index < -0.39 is 17.8 Å². The second kappa shape index (κ2) is 8.18. The number of carboxylic acid groups (broad SMARTS) is 1. The average Bonchev–Trinajstić information content (AvgIpc) is 2.56. The van der Waals surface area contributed by atoms with Crippen LogP contribution in [0, 0.1) is 5.92 Å². The monoisotopic (exact) mass is 364 g/mol. The number of hydrogen-bond donors (Lipinski definition) is 1. The van der Waals surface area contributed by atoms with Crippen molar-refractivity contribution in [1.82, 2.24) is 0 Å². The predicted molar refractivity (Wildman–Crippen MR) is 93.1 cm³/mol. The highest BCUT2D eigenvalue weighted by Gasteiger charge is 2.26. The molecule has 0 bridgehead atoms. The number of carbonyl (C=O) groups is 2. The Morgan fingerprint density at radius 3 is 2.33 bits per heavy atom. The van der Waals surface area contributed by atoms with Crippen molar-refractivity contribution in [2.45, 2.75) is 19.3 Å². The highest BCUT2D eigenvalue weighted by atomic mass is 35.5. The van der Waals surface area contributed by atoms with Gasteiger partial charge in [-0.3, -0.25) is 4.79 Å². The van der Waals surface area contributed by atoms with E-state index in [-0.39, 0.29) is 12.3 Å². The molecule has 1 N–H and O–H groups in total. The van der Waals surface area contributed by atoms with Crippen molar-refractivity contribution in [2.24, 2.45) is 5.92 Å². The van der Waals surface area contributed by atoms with Crippen LogP contribution < -0.4 is 10.4 Å². The Hall–Kier alpha value is -2.04. The molecular weight excluding hydrogens is 349 g/mol. The summed E-state index contributed by atoms with van der Waals surface area (Å²) in [4.78, 5) is 23.7. The molecule has 0 aliphatic heterocycles. The van der Waals surface area contributed by atoms with Gasteiger partial charge in [-0.1, -0.05) is 60.5 Å². The molecule has 0 heterocycles. The van der Waals surface area contributed by atoms with Crippen LogP contribution in [-0.2, 0) is 9.59 Å². The van der Waals surface area contributed by atoms with E-state index in [9.17, 15) is 14.7 Å². The quantitative estimate of drug-likeness (QED) is 0.852. The lowest BCUT2D eigenvalue weighted by molar-refractivity contribution is -0.306. The van der Waals surface area contributed by atoms with E-state index >= 15 is 0 Å². The first-order chi connectivity index (χ1) is 11.4. The molecule has 2 atom stereocenters. The lowest BCUT2D eigenvalue weighted by Crippen LogP contribution is -2.34. The first kappa shape index (κ1) is 18.3. The molecule has 4 nitrogen and oxygen atoms in total. The Balaban J connectivity index is 2.21. The number of hydrogen-bond acceptors (Lipinski definition) is 3. The summed E-state index contributed by atoms with van der Waals surface area (Å²) in [5.74, 6) is -2.74. The van der Waals surface area contributed by atoms with Crippen molar-refractivity contribution < 1.29 is 14.7 Å². The molecular formula is C18H16Cl2NO3-. The molecule has 0 spiro atoms. The maximum Gasteiger partial charge on any atom is 0.228 e. The third kappa shape index (κ3) is 4.73. The molecule has 2 aromatic rings. The number of carboxylic acids is 1. The molecule has 2 aromatic carbocycles. The van der Waals surface area contributed by atoms with Gasteiger partial charge in [-0.05, 0) is 36.1 Å². The molecule has 0 saturated carbocycles. The predicted octanol–water partition coefficient (Wildman–Crippen LogP) is 3.49. The van der Waals surface area contributed by atoms with Crippen molar-refractivity contribution in [1.29, 1.82) is 0 Å². The van der Waals surface area contributed by atoms with Crippen molar-refractivity contribution in [3.63, 3.8) is 0 Å². The molecule has 0 radical (unpaired) electrons. The number of halogens is 2. The molecule has 24 heavy (non-hydrogen) atoms. The number of rotatable bonds is 6.